The molecule has 0 saturated carbocycles. The molecule has 5 nitrogen and oxygen atoms in total. The predicted molar refractivity (Wildman–Crippen MR) is 84.8 cm³/mol. The number of nitrogens with zero attached hydrogens (tertiary/aromatic N) is 4. The third-order valence-corrected chi connectivity index (χ3v) is 3.61. The number of carbonyl (C=O) groups excluding carboxylic acids is 1. The largest absolute Gasteiger partial charge is 0.289 e. The van der Waals surface area contributed by atoms with Crippen molar-refractivity contribution in [3.63, 3.8) is 0 Å². The van der Waals surface area contributed by atoms with Gasteiger partial charge in [-0.3, -0.25) is 9.48 Å². The van der Waals surface area contributed by atoms with Crippen molar-refractivity contribution in [2.24, 2.45) is 7.05 Å². The number of carbonyl (C=O) groups is 1. The van der Waals surface area contributed by atoms with E-state index in [9.17, 15) is 9.18 Å². The summed E-state index contributed by atoms with van der Waals surface area (Å²) in [5.41, 5.74) is 2.75. The van der Waals surface area contributed by atoms with Crippen LogP contribution in [0.2, 0.25) is 0 Å². The molecule has 1 aromatic carbocycles. The zero-order valence-electron chi connectivity index (χ0n) is 12.8. The molecule has 0 spiro atoms. The molecule has 0 saturated heterocycles. The summed E-state index contributed by atoms with van der Waals surface area (Å²) >= 11 is 0. The second kappa shape index (κ2) is 6.00. The molecule has 0 atom stereocenters. The van der Waals surface area contributed by atoms with Gasteiger partial charge in [-0.2, -0.15) is 10.2 Å². The number of halogens is 1. The molecular formula is C17H15FN4O. The molecule has 2 heterocycles. The van der Waals surface area contributed by atoms with Gasteiger partial charge in [0.2, 0.25) is 0 Å². The maximum atomic E-state index is 13.0. The Kier molecular flexibility index (Phi) is 3.89. The van der Waals surface area contributed by atoms with Crippen molar-refractivity contribution in [1.82, 2.24) is 19.6 Å². The molecule has 0 N–H and O–H groups in total. The third-order valence-electron chi connectivity index (χ3n) is 3.61. The normalized spacial score (nSPS) is 11.3. The fourth-order valence-corrected chi connectivity index (χ4v) is 2.29. The van der Waals surface area contributed by atoms with Crippen LogP contribution in [-0.2, 0) is 7.05 Å². The molecule has 3 aromatic rings. The summed E-state index contributed by atoms with van der Waals surface area (Å²) in [4.78, 5) is 12.3. The summed E-state index contributed by atoms with van der Waals surface area (Å²) in [6.45, 7) is 1.81. The van der Waals surface area contributed by atoms with Gasteiger partial charge in [0.05, 0.1) is 28.8 Å². The summed E-state index contributed by atoms with van der Waals surface area (Å²) in [6.07, 6.45) is 6.40. The molecule has 0 radical (unpaired) electrons. The van der Waals surface area contributed by atoms with E-state index in [2.05, 4.69) is 10.2 Å². The molecule has 2 aromatic heterocycles. The summed E-state index contributed by atoms with van der Waals surface area (Å²) in [6, 6.07) is 7.78. The Morgan fingerprint density at radius 1 is 1.17 bits per heavy atom. The smallest absolute Gasteiger partial charge is 0.189 e. The zero-order valence-corrected chi connectivity index (χ0v) is 12.8. The van der Waals surface area contributed by atoms with Gasteiger partial charge in [-0.25, -0.2) is 9.07 Å². The Morgan fingerprint density at radius 2 is 1.91 bits per heavy atom. The SMILES string of the molecule is Cc1c(C(=O)/C=C\c2ccnn2C)cnn1-c1ccc(F)cc1. The molecule has 0 aliphatic carbocycles. The number of rotatable bonds is 4. The maximum absolute atomic E-state index is 13.0. The van der Waals surface area contributed by atoms with Gasteiger partial charge in [0.15, 0.2) is 5.78 Å². The Bertz CT molecular complexity index is 874. The summed E-state index contributed by atoms with van der Waals surface area (Å²) in [7, 11) is 1.81. The number of hydrogen-bond acceptors (Lipinski definition) is 3. The fraction of sp³-hybridized carbons (Fsp3) is 0.118. The quantitative estimate of drug-likeness (QED) is 0.550. The molecule has 6 heteroatoms. The van der Waals surface area contributed by atoms with E-state index in [1.165, 1.54) is 24.4 Å². The first-order chi connectivity index (χ1) is 11.1. The lowest BCUT2D eigenvalue weighted by atomic mass is 10.1. The average molecular weight is 310 g/mol. The van der Waals surface area contributed by atoms with Crippen LogP contribution in [0.4, 0.5) is 4.39 Å². The van der Waals surface area contributed by atoms with Crippen molar-refractivity contribution in [1.29, 1.82) is 0 Å². The first-order valence-corrected chi connectivity index (χ1v) is 7.07. The lowest BCUT2D eigenvalue weighted by Gasteiger charge is -2.04. The Morgan fingerprint density at radius 3 is 2.57 bits per heavy atom. The second-order valence-electron chi connectivity index (χ2n) is 5.11. The van der Waals surface area contributed by atoms with E-state index in [4.69, 9.17) is 0 Å². The van der Waals surface area contributed by atoms with Crippen LogP contribution in [0.3, 0.4) is 0 Å². The van der Waals surface area contributed by atoms with Crippen LogP contribution in [0.15, 0.2) is 48.8 Å². The van der Waals surface area contributed by atoms with Crippen molar-refractivity contribution < 1.29 is 9.18 Å². The number of aromatic nitrogens is 4. The topological polar surface area (TPSA) is 52.7 Å². The molecule has 0 fully saturated rings. The first-order valence-electron chi connectivity index (χ1n) is 7.07. The molecule has 0 aliphatic heterocycles. The number of ketones is 1. The minimum absolute atomic E-state index is 0.142. The van der Waals surface area contributed by atoms with Gasteiger partial charge < -0.3 is 0 Å². The molecule has 0 bridgehead atoms. The molecule has 116 valence electrons. The highest BCUT2D eigenvalue weighted by atomic mass is 19.1. The first kappa shape index (κ1) is 14.9. The van der Waals surface area contributed by atoms with Crippen LogP contribution in [0, 0.1) is 12.7 Å². The van der Waals surface area contributed by atoms with Crippen molar-refractivity contribution >= 4 is 11.9 Å². The summed E-state index contributed by atoms with van der Waals surface area (Å²) < 4.78 is 16.3. The maximum Gasteiger partial charge on any atom is 0.189 e. The molecule has 0 amide bonds. The highest BCUT2D eigenvalue weighted by molar-refractivity contribution is 6.07. The standard InChI is InChI=1S/C17H15FN4O/c1-12-16(17(23)8-7-14-9-10-19-21(14)2)11-20-22(12)15-5-3-13(18)4-6-15/h3-11H,1-2H3/b8-7-. The van der Waals surface area contributed by atoms with Crippen molar-refractivity contribution in [2.75, 3.05) is 0 Å². The second-order valence-corrected chi connectivity index (χ2v) is 5.11. The number of hydrogen-bond donors (Lipinski definition) is 0. The van der Waals surface area contributed by atoms with Gasteiger partial charge in [0, 0.05) is 13.2 Å². The lowest BCUT2D eigenvalue weighted by molar-refractivity contribution is 0.104. The third kappa shape index (κ3) is 2.96. The van der Waals surface area contributed by atoms with Gasteiger partial charge in [-0.05, 0) is 49.4 Å². The number of allylic oxidation sites excluding steroid dienone is 1. The van der Waals surface area contributed by atoms with Crippen molar-refractivity contribution in [2.45, 2.75) is 6.92 Å². The summed E-state index contributed by atoms with van der Waals surface area (Å²) in [5.74, 6) is -0.453. The van der Waals surface area contributed by atoms with Crippen LogP contribution < -0.4 is 0 Å². The molecule has 3 rings (SSSR count). The molecule has 0 aliphatic rings. The van der Waals surface area contributed by atoms with Crippen LogP contribution in [0.25, 0.3) is 11.8 Å². The van der Waals surface area contributed by atoms with E-state index in [0.29, 0.717) is 16.9 Å². The monoisotopic (exact) mass is 310 g/mol. The van der Waals surface area contributed by atoms with Crippen LogP contribution in [-0.4, -0.2) is 25.3 Å². The molecule has 23 heavy (non-hydrogen) atoms. The van der Waals surface area contributed by atoms with E-state index in [-0.39, 0.29) is 11.6 Å². The van der Waals surface area contributed by atoms with E-state index in [1.54, 1.807) is 33.8 Å². The molecular weight excluding hydrogens is 295 g/mol. The lowest BCUT2D eigenvalue weighted by Crippen LogP contribution is -2.02. The Labute approximate surface area is 132 Å². The predicted octanol–water partition coefficient (Wildman–Crippen LogP) is 2.95. The number of benzene rings is 1. The van der Waals surface area contributed by atoms with Gasteiger partial charge in [-0.15, -0.1) is 0 Å². The van der Waals surface area contributed by atoms with Gasteiger partial charge in [0.1, 0.15) is 5.82 Å². The van der Waals surface area contributed by atoms with Crippen LogP contribution in [0.1, 0.15) is 21.7 Å². The summed E-state index contributed by atoms with van der Waals surface area (Å²) in [5, 5.41) is 8.26. The highest BCUT2D eigenvalue weighted by Crippen LogP contribution is 2.16. The number of aryl methyl sites for hydroxylation is 1. The van der Waals surface area contributed by atoms with Crippen LogP contribution in [0.5, 0.6) is 0 Å². The van der Waals surface area contributed by atoms with Crippen molar-refractivity contribution in [3.8, 4) is 5.69 Å². The van der Waals surface area contributed by atoms with Gasteiger partial charge in [0.25, 0.3) is 0 Å². The van der Waals surface area contributed by atoms with E-state index < -0.39 is 0 Å². The van der Waals surface area contributed by atoms with E-state index in [0.717, 1.165) is 5.69 Å². The Balaban J connectivity index is 1.87. The minimum atomic E-state index is -0.311. The van der Waals surface area contributed by atoms with Crippen LogP contribution >= 0.6 is 0 Å². The van der Waals surface area contributed by atoms with E-state index in [1.807, 2.05) is 20.0 Å². The minimum Gasteiger partial charge on any atom is -0.289 e. The Hall–Kier alpha value is -3.02. The van der Waals surface area contributed by atoms with Gasteiger partial charge in [-0.1, -0.05) is 0 Å². The zero-order chi connectivity index (χ0) is 16.4. The van der Waals surface area contributed by atoms with Gasteiger partial charge >= 0.3 is 0 Å². The van der Waals surface area contributed by atoms with E-state index >= 15 is 0 Å². The fourth-order valence-electron chi connectivity index (χ4n) is 2.29. The average Bonchev–Trinajstić information content (AvgIpc) is 3.12. The van der Waals surface area contributed by atoms with Crippen molar-refractivity contribution in [3.05, 3.63) is 71.6 Å². The highest BCUT2D eigenvalue weighted by Gasteiger charge is 2.13. The molecule has 0 unspecified atom stereocenters.